The number of hydrogen-bond donors (Lipinski definition) is 0. The summed E-state index contributed by atoms with van der Waals surface area (Å²) >= 11 is 6.08. The molecule has 0 saturated carbocycles. The van der Waals surface area contributed by atoms with Gasteiger partial charge in [0.05, 0.1) is 12.2 Å². The number of nitrogens with zero attached hydrogens (tertiary/aromatic N) is 3. The second-order valence-electron chi connectivity index (χ2n) is 8.64. The molecule has 0 aliphatic carbocycles. The van der Waals surface area contributed by atoms with Gasteiger partial charge in [-0.1, -0.05) is 41.9 Å². The monoisotopic (exact) mass is 485 g/mol. The average Bonchev–Trinajstić information content (AvgIpc) is 3.40. The molecule has 0 N–H and O–H groups in total. The van der Waals surface area contributed by atoms with Crippen molar-refractivity contribution in [1.82, 2.24) is 4.98 Å². The number of fused-ring (bicyclic) bond motifs is 1. The lowest BCUT2D eigenvalue weighted by atomic mass is 9.89. The highest BCUT2D eigenvalue weighted by molar-refractivity contribution is 6.30. The highest BCUT2D eigenvalue weighted by Crippen LogP contribution is 2.43. The van der Waals surface area contributed by atoms with Gasteiger partial charge in [0.25, 0.3) is 5.91 Å². The van der Waals surface area contributed by atoms with Crippen LogP contribution in [0.3, 0.4) is 0 Å². The highest BCUT2D eigenvalue weighted by atomic mass is 35.5. The molecule has 1 aliphatic rings. The number of hydrogen-bond acceptors (Lipinski definition) is 4. The molecule has 0 spiro atoms. The van der Waals surface area contributed by atoms with Crippen LogP contribution in [0.5, 0.6) is 0 Å². The fraction of sp³-hybridized carbons (Fsp3) is 0.179. The van der Waals surface area contributed by atoms with E-state index in [4.69, 9.17) is 16.0 Å². The quantitative estimate of drug-likeness (QED) is 0.329. The van der Waals surface area contributed by atoms with Crippen molar-refractivity contribution >= 4 is 34.8 Å². The number of para-hydroxylation sites is 1. The Morgan fingerprint density at radius 3 is 2.40 bits per heavy atom. The Hall–Kier alpha value is -3.90. The van der Waals surface area contributed by atoms with E-state index in [1.54, 1.807) is 42.3 Å². The van der Waals surface area contributed by atoms with Crippen molar-refractivity contribution in [2.45, 2.75) is 32.4 Å². The highest BCUT2D eigenvalue weighted by Gasteiger charge is 2.38. The summed E-state index contributed by atoms with van der Waals surface area (Å²) in [7, 11) is 0. The number of carbonyl (C=O) groups is 2. The van der Waals surface area contributed by atoms with Crippen molar-refractivity contribution in [3.8, 4) is 11.3 Å². The lowest BCUT2D eigenvalue weighted by molar-refractivity contribution is -0.117. The molecule has 5 rings (SSSR count). The molecular formula is C28H24ClN3O3. The number of aromatic nitrogens is 1. The lowest BCUT2D eigenvalue weighted by Gasteiger charge is -2.43. The van der Waals surface area contributed by atoms with Crippen LogP contribution in [-0.2, 0) is 4.79 Å². The first-order chi connectivity index (χ1) is 16.9. The van der Waals surface area contributed by atoms with E-state index in [9.17, 15) is 9.59 Å². The molecular weight excluding hydrogens is 462 g/mol. The number of amides is 2. The molecule has 0 bridgehead atoms. The number of oxazole rings is 1. The number of benzene rings is 3. The van der Waals surface area contributed by atoms with Gasteiger partial charge in [0.1, 0.15) is 0 Å². The lowest BCUT2D eigenvalue weighted by Crippen LogP contribution is -2.47. The zero-order valence-corrected chi connectivity index (χ0v) is 20.1. The molecule has 2 amide bonds. The van der Waals surface area contributed by atoms with Crippen LogP contribution in [0, 0.1) is 0 Å². The first kappa shape index (κ1) is 22.9. The van der Waals surface area contributed by atoms with Gasteiger partial charge in [-0.15, -0.1) is 0 Å². The van der Waals surface area contributed by atoms with E-state index in [-0.39, 0.29) is 23.9 Å². The molecule has 35 heavy (non-hydrogen) atoms. The Bertz CT molecular complexity index is 1350. The number of rotatable bonds is 4. The first-order valence-corrected chi connectivity index (χ1v) is 11.8. The zero-order valence-electron chi connectivity index (χ0n) is 19.4. The van der Waals surface area contributed by atoms with Crippen LogP contribution in [0.1, 0.15) is 42.2 Å². The van der Waals surface area contributed by atoms with Crippen molar-refractivity contribution in [3.63, 3.8) is 0 Å². The van der Waals surface area contributed by atoms with Gasteiger partial charge >= 0.3 is 0 Å². The summed E-state index contributed by atoms with van der Waals surface area (Å²) in [6, 6.07) is 22.0. The summed E-state index contributed by atoms with van der Waals surface area (Å²) in [5, 5.41) is 0.612. The smallest absolute Gasteiger partial charge is 0.258 e. The van der Waals surface area contributed by atoms with Crippen molar-refractivity contribution in [3.05, 3.63) is 102 Å². The molecule has 2 heterocycles. The van der Waals surface area contributed by atoms with Crippen LogP contribution in [0.2, 0.25) is 5.02 Å². The summed E-state index contributed by atoms with van der Waals surface area (Å²) in [4.78, 5) is 34.1. The number of halogens is 1. The van der Waals surface area contributed by atoms with Crippen molar-refractivity contribution in [2.75, 3.05) is 9.80 Å². The molecule has 4 aromatic rings. The van der Waals surface area contributed by atoms with Gasteiger partial charge in [-0.25, -0.2) is 4.98 Å². The van der Waals surface area contributed by atoms with E-state index in [0.717, 1.165) is 22.5 Å². The van der Waals surface area contributed by atoms with Crippen LogP contribution >= 0.6 is 11.6 Å². The van der Waals surface area contributed by atoms with Crippen molar-refractivity contribution in [1.29, 1.82) is 0 Å². The Morgan fingerprint density at radius 1 is 1.03 bits per heavy atom. The maximum atomic E-state index is 13.7. The van der Waals surface area contributed by atoms with Crippen LogP contribution in [0.15, 0.2) is 89.8 Å². The zero-order chi connectivity index (χ0) is 24.5. The minimum atomic E-state index is -0.210. The van der Waals surface area contributed by atoms with Crippen molar-refractivity contribution in [2.24, 2.45) is 0 Å². The summed E-state index contributed by atoms with van der Waals surface area (Å²) in [6.07, 6.45) is 3.62. The average molecular weight is 486 g/mol. The SMILES string of the molecule is CC(=O)N(c1ccc(Cl)cc1)C1CC(C)N(C(=O)c2ccc(-c3cnco3)cc2)c2ccccc21. The fourth-order valence-electron chi connectivity index (χ4n) is 4.79. The second-order valence-corrected chi connectivity index (χ2v) is 9.08. The van der Waals surface area contributed by atoms with E-state index in [1.165, 1.54) is 6.39 Å². The Kier molecular flexibility index (Phi) is 6.14. The van der Waals surface area contributed by atoms with Gasteiger partial charge in [0.2, 0.25) is 5.91 Å². The number of anilines is 2. The van der Waals surface area contributed by atoms with Gasteiger partial charge < -0.3 is 14.2 Å². The fourth-order valence-corrected chi connectivity index (χ4v) is 4.92. The Balaban J connectivity index is 1.50. The third-order valence-electron chi connectivity index (χ3n) is 6.38. The van der Waals surface area contributed by atoms with Gasteiger partial charge in [-0.05, 0) is 61.4 Å². The minimum Gasteiger partial charge on any atom is -0.444 e. The van der Waals surface area contributed by atoms with Crippen LogP contribution in [-0.4, -0.2) is 22.8 Å². The van der Waals surface area contributed by atoms with E-state index < -0.39 is 0 Å². The molecule has 176 valence electrons. The minimum absolute atomic E-state index is 0.0675. The van der Waals surface area contributed by atoms with E-state index in [0.29, 0.717) is 22.8 Å². The molecule has 2 unspecified atom stereocenters. The molecule has 2 atom stereocenters. The largest absolute Gasteiger partial charge is 0.444 e. The van der Waals surface area contributed by atoms with E-state index in [2.05, 4.69) is 4.98 Å². The molecule has 1 aliphatic heterocycles. The van der Waals surface area contributed by atoms with Crippen LogP contribution in [0.4, 0.5) is 11.4 Å². The maximum Gasteiger partial charge on any atom is 0.258 e. The third kappa shape index (κ3) is 4.33. The predicted molar refractivity (Wildman–Crippen MR) is 137 cm³/mol. The van der Waals surface area contributed by atoms with Gasteiger partial charge in [-0.2, -0.15) is 0 Å². The summed E-state index contributed by atoms with van der Waals surface area (Å²) < 4.78 is 5.35. The van der Waals surface area contributed by atoms with E-state index in [1.807, 2.05) is 60.4 Å². The summed E-state index contributed by atoms with van der Waals surface area (Å²) in [5.74, 6) is 0.491. The third-order valence-corrected chi connectivity index (χ3v) is 6.64. The second kappa shape index (κ2) is 9.39. The molecule has 7 heteroatoms. The molecule has 3 aromatic carbocycles. The van der Waals surface area contributed by atoms with Crippen molar-refractivity contribution < 1.29 is 14.0 Å². The molecule has 1 aromatic heterocycles. The Morgan fingerprint density at radius 2 is 1.74 bits per heavy atom. The molecule has 0 radical (unpaired) electrons. The molecule has 0 fully saturated rings. The van der Waals surface area contributed by atoms with Gasteiger partial charge in [0.15, 0.2) is 12.2 Å². The van der Waals surface area contributed by atoms with E-state index >= 15 is 0 Å². The predicted octanol–water partition coefficient (Wildman–Crippen LogP) is 6.53. The maximum absolute atomic E-state index is 13.7. The number of carbonyl (C=O) groups excluding carboxylic acids is 2. The Labute approximate surface area is 208 Å². The first-order valence-electron chi connectivity index (χ1n) is 11.4. The normalized spacial score (nSPS) is 17.1. The molecule has 6 nitrogen and oxygen atoms in total. The van der Waals surface area contributed by atoms with Crippen LogP contribution in [0.25, 0.3) is 11.3 Å². The standard InChI is InChI=1S/C28H24ClN3O3/c1-18-15-26(32(19(2)33)23-13-11-22(29)12-14-23)24-5-3-4-6-25(24)31(18)28(34)21-9-7-20(8-10-21)27-16-30-17-35-27/h3-14,16-18,26H,15H2,1-2H3. The summed E-state index contributed by atoms with van der Waals surface area (Å²) in [6.45, 7) is 3.58. The topological polar surface area (TPSA) is 66.7 Å². The molecule has 0 saturated heterocycles. The van der Waals surface area contributed by atoms with Gasteiger partial charge in [0, 0.05) is 40.5 Å². The van der Waals surface area contributed by atoms with Crippen LogP contribution < -0.4 is 9.80 Å². The van der Waals surface area contributed by atoms with Gasteiger partial charge in [-0.3, -0.25) is 9.59 Å². The summed E-state index contributed by atoms with van der Waals surface area (Å²) in [5.41, 5.74) is 3.95.